The van der Waals surface area contributed by atoms with Crippen LogP contribution < -0.4 is 9.47 Å². The summed E-state index contributed by atoms with van der Waals surface area (Å²) in [5.74, 6) is 1.14. The second-order valence-corrected chi connectivity index (χ2v) is 6.30. The number of rotatable bonds is 5. The fourth-order valence-electron chi connectivity index (χ4n) is 2.19. The Morgan fingerprint density at radius 3 is 2.48 bits per heavy atom. The fraction of sp³-hybridized carbons (Fsp3) is 0.235. The first-order valence-corrected chi connectivity index (χ1v) is 8.04. The molecule has 0 atom stereocenters. The zero-order valence-corrected chi connectivity index (χ0v) is 15.4. The van der Waals surface area contributed by atoms with E-state index in [1.165, 1.54) is 0 Å². The zero-order valence-electron chi connectivity index (χ0n) is 13.1. The van der Waals surface area contributed by atoms with Crippen molar-refractivity contribution in [2.24, 2.45) is 0 Å². The van der Waals surface area contributed by atoms with Crippen molar-refractivity contribution >= 4 is 33.4 Å². The van der Waals surface area contributed by atoms with Gasteiger partial charge in [0.2, 0.25) is 0 Å². The maximum absolute atomic E-state index is 12.6. The Hall–Kier alpha value is -1.72. The summed E-state index contributed by atoms with van der Waals surface area (Å²) in [5, 5.41) is 0.428. The Morgan fingerprint density at radius 2 is 1.83 bits per heavy atom. The number of carbonyl (C=O) groups is 1. The lowest BCUT2D eigenvalue weighted by Crippen LogP contribution is -2.26. The summed E-state index contributed by atoms with van der Waals surface area (Å²) < 4.78 is 11.3. The van der Waals surface area contributed by atoms with E-state index in [1.807, 2.05) is 18.2 Å². The summed E-state index contributed by atoms with van der Waals surface area (Å²) >= 11 is 9.48. The molecule has 0 heterocycles. The molecule has 4 nitrogen and oxygen atoms in total. The summed E-state index contributed by atoms with van der Waals surface area (Å²) in [5.41, 5.74) is 1.40. The Bertz CT molecular complexity index is 721. The van der Waals surface area contributed by atoms with Gasteiger partial charge in [-0.3, -0.25) is 4.79 Å². The largest absolute Gasteiger partial charge is 0.493 e. The van der Waals surface area contributed by atoms with Crippen LogP contribution in [0.2, 0.25) is 5.02 Å². The Labute approximate surface area is 149 Å². The van der Waals surface area contributed by atoms with Crippen LogP contribution in [-0.4, -0.2) is 32.1 Å². The Kier molecular flexibility index (Phi) is 5.91. The molecule has 1 amide bonds. The summed E-state index contributed by atoms with van der Waals surface area (Å²) in [6.07, 6.45) is 0. The van der Waals surface area contributed by atoms with E-state index < -0.39 is 0 Å². The first-order valence-electron chi connectivity index (χ1n) is 6.87. The molecule has 0 fully saturated rings. The molecule has 2 aromatic rings. The van der Waals surface area contributed by atoms with E-state index in [2.05, 4.69) is 15.9 Å². The van der Waals surface area contributed by atoms with Gasteiger partial charge in [0.15, 0.2) is 11.5 Å². The Balaban J connectivity index is 2.19. The molecular weight excluding hydrogens is 382 g/mol. The van der Waals surface area contributed by atoms with Gasteiger partial charge >= 0.3 is 0 Å². The molecule has 0 saturated heterocycles. The molecule has 122 valence electrons. The molecule has 0 aliphatic rings. The number of nitrogens with zero attached hydrogens (tertiary/aromatic N) is 1. The smallest absolute Gasteiger partial charge is 0.255 e. The zero-order chi connectivity index (χ0) is 17.0. The lowest BCUT2D eigenvalue weighted by atomic mass is 10.1. The van der Waals surface area contributed by atoms with E-state index in [-0.39, 0.29) is 5.91 Å². The quantitative estimate of drug-likeness (QED) is 0.750. The highest BCUT2D eigenvalue weighted by molar-refractivity contribution is 9.10. The Morgan fingerprint density at radius 1 is 1.13 bits per heavy atom. The van der Waals surface area contributed by atoms with Gasteiger partial charge in [0, 0.05) is 18.1 Å². The number of hydrogen-bond donors (Lipinski definition) is 0. The number of halogens is 2. The minimum Gasteiger partial charge on any atom is -0.493 e. The van der Waals surface area contributed by atoms with Crippen molar-refractivity contribution in [3.8, 4) is 11.5 Å². The minimum atomic E-state index is -0.147. The highest BCUT2D eigenvalue weighted by Gasteiger charge is 2.16. The first-order chi connectivity index (χ1) is 11.0. The molecule has 0 aliphatic carbocycles. The van der Waals surface area contributed by atoms with Crippen molar-refractivity contribution in [2.45, 2.75) is 6.54 Å². The summed E-state index contributed by atoms with van der Waals surface area (Å²) in [4.78, 5) is 14.2. The highest BCUT2D eigenvalue weighted by Crippen LogP contribution is 2.28. The first kappa shape index (κ1) is 17.6. The van der Waals surface area contributed by atoms with Gasteiger partial charge in [0.05, 0.1) is 24.8 Å². The SMILES string of the molecule is COc1ccc(CN(C)C(=O)c2cc(Br)ccc2Cl)cc1OC. The van der Waals surface area contributed by atoms with Gasteiger partial charge in [0.25, 0.3) is 5.91 Å². The van der Waals surface area contributed by atoms with Gasteiger partial charge < -0.3 is 14.4 Å². The van der Waals surface area contributed by atoms with E-state index in [9.17, 15) is 4.79 Å². The molecule has 0 aliphatic heterocycles. The number of ether oxygens (including phenoxy) is 2. The maximum Gasteiger partial charge on any atom is 0.255 e. The molecule has 2 aromatic carbocycles. The van der Waals surface area contributed by atoms with Crippen molar-refractivity contribution < 1.29 is 14.3 Å². The van der Waals surface area contributed by atoms with Gasteiger partial charge in [-0.2, -0.15) is 0 Å². The van der Waals surface area contributed by atoms with Crippen LogP contribution in [0, 0.1) is 0 Å². The molecule has 0 bridgehead atoms. The minimum absolute atomic E-state index is 0.147. The lowest BCUT2D eigenvalue weighted by Gasteiger charge is -2.19. The van der Waals surface area contributed by atoms with Gasteiger partial charge in [-0.25, -0.2) is 0 Å². The summed E-state index contributed by atoms with van der Waals surface area (Å²) in [7, 11) is 4.90. The van der Waals surface area contributed by atoms with E-state index in [0.29, 0.717) is 28.6 Å². The molecular formula is C17H17BrClNO3. The van der Waals surface area contributed by atoms with Crippen LogP contribution in [0.5, 0.6) is 11.5 Å². The third kappa shape index (κ3) is 4.18. The molecule has 2 rings (SSSR count). The molecule has 23 heavy (non-hydrogen) atoms. The number of benzene rings is 2. The number of methoxy groups -OCH3 is 2. The molecule has 0 spiro atoms. The molecule has 0 aromatic heterocycles. The van der Waals surface area contributed by atoms with Crippen molar-refractivity contribution in [1.82, 2.24) is 4.90 Å². The number of hydrogen-bond acceptors (Lipinski definition) is 3. The summed E-state index contributed by atoms with van der Waals surface area (Å²) in [6.45, 7) is 0.433. The predicted octanol–water partition coefficient (Wildman–Crippen LogP) is 4.39. The molecule has 0 N–H and O–H groups in total. The predicted molar refractivity (Wildman–Crippen MR) is 94.5 cm³/mol. The van der Waals surface area contributed by atoms with Crippen LogP contribution in [-0.2, 0) is 6.54 Å². The van der Waals surface area contributed by atoms with Gasteiger partial charge in [-0.15, -0.1) is 0 Å². The van der Waals surface area contributed by atoms with Crippen LogP contribution in [0.1, 0.15) is 15.9 Å². The molecule has 0 saturated carbocycles. The third-order valence-corrected chi connectivity index (χ3v) is 4.20. The van der Waals surface area contributed by atoms with E-state index in [1.54, 1.807) is 44.4 Å². The maximum atomic E-state index is 12.6. The van der Waals surface area contributed by atoms with Crippen LogP contribution in [0.25, 0.3) is 0 Å². The summed E-state index contributed by atoms with van der Waals surface area (Å²) in [6, 6.07) is 10.8. The highest BCUT2D eigenvalue weighted by atomic mass is 79.9. The number of amides is 1. The van der Waals surface area contributed by atoms with E-state index in [0.717, 1.165) is 10.0 Å². The second-order valence-electron chi connectivity index (χ2n) is 4.97. The third-order valence-electron chi connectivity index (χ3n) is 3.37. The van der Waals surface area contributed by atoms with E-state index >= 15 is 0 Å². The molecule has 6 heteroatoms. The molecule has 0 radical (unpaired) electrons. The van der Waals surface area contributed by atoms with Crippen LogP contribution in [0.3, 0.4) is 0 Å². The van der Waals surface area contributed by atoms with Crippen LogP contribution in [0.4, 0.5) is 0 Å². The average Bonchev–Trinajstić information content (AvgIpc) is 2.56. The molecule has 0 unspecified atom stereocenters. The van der Waals surface area contributed by atoms with Crippen molar-refractivity contribution in [3.05, 3.63) is 57.0 Å². The number of carbonyl (C=O) groups excluding carboxylic acids is 1. The van der Waals surface area contributed by atoms with Crippen molar-refractivity contribution in [3.63, 3.8) is 0 Å². The fourth-order valence-corrected chi connectivity index (χ4v) is 2.75. The average molecular weight is 399 g/mol. The topological polar surface area (TPSA) is 38.8 Å². The lowest BCUT2D eigenvalue weighted by molar-refractivity contribution is 0.0785. The van der Waals surface area contributed by atoms with Gasteiger partial charge in [-0.1, -0.05) is 33.6 Å². The van der Waals surface area contributed by atoms with Gasteiger partial charge in [0.1, 0.15) is 0 Å². The standard InChI is InChI=1S/C17H17BrClNO3/c1-20(17(21)13-9-12(18)5-6-14(13)19)10-11-4-7-15(22-2)16(8-11)23-3/h4-9H,10H2,1-3H3. The van der Waals surface area contributed by atoms with Gasteiger partial charge in [-0.05, 0) is 35.9 Å². The normalized spacial score (nSPS) is 10.3. The van der Waals surface area contributed by atoms with Crippen molar-refractivity contribution in [2.75, 3.05) is 21.3 Å². The monoisotopic (exact) mass is 397 g/mol. The van der Waals surface area contributed by atoms with Crippen LogP contribution in [0.15, 0.2) is 40.9 Å². The van der Waals surface area contributed by atoms with Crippen LogP contribution >= 0.6 is 27.5 Å². The van der Waals surface area contributed by atoms with E-state index in [4.69, 9.17) is 21.1 Å². The van der Waals surface area contributed by atoms with Crippen molar-refractivity contribution in [1.29, 1.82) is 0 Å². The second kappa shape index (κ2) is 7.70.